The molecule has 4 N–H and O–H groups in total. The standard InChI is InChI=1S/C12H13N5OS/c1-19-9-4-2-3-8(7-9)14-12(18)10-5-6-11(15-13)17-16-10/h2-7H,13H2,1H3,(H,14,18)(H,15,17). The average molecular weight is 275 g/mol. The molecule has 0 atom stereocenters. The Hall–Kier alpha value is -2.12. The Labute approximate surface area is 114 Å². The van der Waals surface area contributed by atoms with E-state index in [1.165, 1.54) is 0 Å². The molecule has 0 spiro atoms. The van der Waals surface area contributed by atoms with Crippen molar-refractivity contribution < 1.29 is 4.79 Å². The maximum Gasteiger partial charge on any atom is 0.276 e. The maximum absolute atomic E-state index is 11.9. The van der Waals surface area contributed by atoms with E-state index < -0.39 is 0 Å². The molecule has 2 rings (SSSR count). The minimum absolute atomic E-state index is 0.230. The topological polar surface area (TPSA) is 92.9 Å². The van der Waals surface area contributed by atoms with E-state index in [1.54, 1.807) is 23.9 Å². The SMILES string of the molecule is CSc1cccc(NC(=O)c2ccc(NN)nn2)c1. The van der Waals surface area contributed by atoms with E-state index in [2.05, 4.69) is 20.9 Å². The van der Waals surface area contributed by atoms with Crippen LogP contribution in [0.15, 0.2) is 41.3 Å². The van der Waals surface area contributed by atoms with Gasteiger partial charge in [0.25, 0.3) is 5.91 Å². The van der Waals surface area contributed by atoms with Crippen molar-refractivity contribution in [1.82, 2.24) is 10.2 Å². The Morgan fingerprint density at radius 2 is 2.11 bits per heavy atom. The molecule has 19 heavy (non-hydrogen) atoms. The first-order chi connectivity index (χ1) is 9.22. The Bertz CT molecular complexity index is 573. The lowest BCUT2D eigenvalue weighted by atomic mass is 10.3. The molecule has 1 amide bonds. The lowest BCUT2D eigenvalue weighted by molar-refractivity contribution is 0.102. The van der Waals surface area contributed by atoms with Crippen LogP contribution in [0, 0.1) is 0 Å². The summed E-state index contributed by atoms with van der Waals surface area (Å²) >= 11 is 1.61. The van der Waals surface area contributed by atoms with Crippen LogP contribution in [0.2, 0.25) is 0 Å². The molecule has 0 aliphatic carbocycles. The van der Waals surface area contributed by atoms with Crippen molar-refractivity contribution in [2.45, 2.75) is 4.90 Å². The highest BCUT2D eigenvalue weighted by Crippen LogP contribution is 2.19. The number of nitrogen functional groups attached to an aromatic ring is 1. The second-order valence-electron chi connectivity index (χ2n) is 3.63. The number of carbonyl (C=O) groups is 1. The minimum Gasteiger partial charge on any atom is -0.321 e. The zero-order valence-corrected chi connectivity index (χ0v) is 11.1. The first-order valence-electron chi connectivity index (χ1n) is 5.48. The summed E-state index contributed by atoms with van der Waals surface area (Å²) in [5, 5.41) is 10.3. The van der Waals surface area contributed by atoms with Crippen LogP contribution in [0.5, 0.6) is 0 Å². The van der Waals surface area contributed by atoms with Crippen molar-refractivity contribution in [2.24, 2.45) is 5.84 Å². The first kappa shape index (κ1) is 13.3. The minimum atomic E-state index is -0.311. The lowest BCUT2D eigenvalue weighted by Gasteiger charge is -2.06. The number of nitrogens with zero attached hydrogens (tertiary/aromatic N) is 2. The zero-order valence-electron chi connectivity index (χ0n) is 10.3. The van der Waals surface area contributed by atoms with Crippen LogP contribution in [0.3, 0.4) is 0 Å². The van der Waals surface area contributed by atoms with E-state index in [9.17, 15) is 4.79 Å². The molecule has 0 bridgehead atoms. The molecular formula is C12H13N5OS. The van der Waals surface area contributed by atoms with E-state index in [0.717, 1.165) is 10.6 Å². The fourth-order valence-corrected chi connectivity index (χ4v) is 1.89. The smallest absolute Gasteiger partial charge is 0.276 e. The van der Waals surface area contributed by atoms with Crippen LogP contribution in [-0.4, -0.2) is 22.4 Å². The second-order valence-corrected chi connectivity index (χ2v) is 4.51. The normalized spacial score (nSPS) is 10.0. The molecule has 0 saturated heterocycles. The van der Waals surface area contributed by atoms with Crippen molar-refractivity contribution >= 4 is 29.2 Å². The first-order valence-corrected chi connectivity index (χ1v) is 6.71. The van der Waals surface area contributed by atoms with Crippen LogP contribution >= 0.6 is 11.8 Å². The van der Waals surface area contributed by atoms with E-state index in [0.29, 0.717) is 5.82 Å². The molecule has 0 unspecified atom stereocenters. The number of anilines is 2. The lowest BCUT2D eigenvalue weighted by Crippen LogP contribution is -2.16. The number of carbonyl (C=O) groups excluding carboxylic acids is 1. The summed E-state index contributed by atoms with van der Waals surface area (Å²) in [7, 11) is 0. The Balaban J connectivity index is 2.11. The Kier molecular flexibility index (Phi) is 4.32. The molecule has 7 heteroatoms. The van der Waals surface area contributed by atoms with Gasteiger partial charge in [0.05, 0.1) is 0 Å². The highest BCUT2D eigenvalue weighted by molar-refractivity contribution is 7.98. The number of rotatable bonds is 4. The van der Waals surface area contributed by atoms with Crippen molar-refractivity contribution in [3.63, 3.8) is 0 Å². The van der Waals surface area contributed by atoms with Gasteiger partial charge in [-0.25, -0.2) is 5.84 Å². The van der Waals surface area contributed by atoms with Crippen molar-refractivity contribution in [2.75, 3.05) is 17.0 Å². The van der Waals surface area contributed by atoms with Gasteiger partial charge in [0.1, 0.15) is 0 Å². The predicted octanol–water partition coefficient (Wildman–Crippen LogP) is 1.74. The molecule has 1 aromatic heterocycles. The highest BCUT2D eigenvalue weighted by Gasteiger charge is 2.08. The monoisotopic (exact) mass is 275 g/mol. The van der Waals surface area contributed by atoms with Gasteiger partial charge in [-0.05, 0) is 36.6 Å². The predicted molar refractivity (Wildman–Crippen MR) is 76.0 cm³/mol. The average Bonchev–Trinajstić information content (AvgIpc) is 2.47. The van der Waals surface area contributed by atoms with E-state index in [4.69, 9.17) is 5.84 Å². The molecule has 1 aromatic carbocycles. The zero-order chi connectivity index (χ0) is 13.7. The third-order valence-electron chi connectivity index (χ3n) is 2.37. The highest BCUT2D eigenvalue weighted by atomic mass is 32.2. The molecule has 0 radical (unpaired) electrons. The van der Waals surface area contributed by atoms with E-state index in [-0.39, 0.29) is 11.6 Å². The van der Waals surface area contributed by atoms with Crippen LogP contribution in [0.25, 0.3) is 0 Å². The fourth-order valence-electron chi connectivity index (χ4n) is 1.43. The van der Waals surface area contributed by atoms with Crippen molar-refractivity contribution in [3.8, 4) is 0 Å². The van der Waals surface area contributed by atoms with Gasteiger partial charge >= 0.3 is 0 Å². The van der Waals surface area contributed by atoms with Gasteiger partial charge < -0.3 is 10.7 Å². The summed E-state index contributed by atoms with van der Waals surface area (Å²) in [6.07, 6.45) is 1.98. The van der Waals surface area contributed by atoms with Crippen LogP contribution in [0.1, 0.15) is 10.5 Å². The number of hydrogen-bond donors (Lipinski definition) is 3. The summed E-state index contributed by atoms with van der Waals surface area (Å²) in [4.78, 5) is 13.0. The van der Waals surface area contributed by atoms with E-state index in [1.807, 2.05) is 30.5 Å². The molecule has 98 valence electrons. The van der Waals surface area contributed by atoms with Gasteiger partial charge in [-0.15, -0.1) is 22.0 Å². The number of nitrogens with one attached hydrogen (secondary N) is 2. The number of benzene rings is 1. The summed E-state index contributed by atoms with van der Waals surface area (Å²) in [5.74, 6) is 5.27. The number of nitrogens with two attached hydrogens (primary N) is 1. The van der Waals surface area contributed by atoms with Gasteiger partial charge in [-0.3, -0.25) is 4.79 Å². The molecule has 0 saturated carbocycles. The van der Waals surface area contributed by atoms with Gasteiger partial charge in [0.15, 0.2) is 11.5 Å². The molecule has 2 aromatic rings. The van der Waals surface area contributed by atoms with Crippen LogP contribution in [-0.2, 0) is 0 Å². The number of hydrogen-bond acceptors (Lipinski definition) is 6. The van der Waals surface area contributed by atoms with Crippen LogP contribution in [0.4, 0.5) is 11.5 Å². The molecule has 0 fully saturated rings. The molecular weight excluding hydrogens is 262 g/mol. The summed E-state index contributed by atoms with van der Waals surface area (Å²) in [5.41, 5.74) is 3.30. The van der Waals surface area contributed by atoms with Gasteiger partial charge in [0, 0.05) is 10.6 Å². The summed E-state index contributed by atoms with van der Waals surface area (Å²) < 4.78 is 0. The number of hydrazine groups is 1. The fraction of sp³-hybridized carbons (Fsp3) is 0.0833. The van der Waals surface area contributed by atoms with E-state index >= 15 is 0 Å². The number of amides is 1. The summed E-state index contributed by atoms with van der Waals surface area (Å²) in [6.45, 7) is 0. The Morgan fingerprint density at radius 1 is 1.26 bits per heavy atom. The third kappa shape index (κ3) is 3.43. The maximum atomic E-state index is 11.9. The second kappa shape index (κ2) is 6.17. The molecule has 6 nitrogen and oxygen atoms in total. The van der Waals surface area contributed by atoms with Crippen LogP contribution < -0.4 is 16.6 Å². The largest absolute Gasteiger partial charge is 0.321 e. The quantitative estimate of drug-likeness (QED) is 0.447. The van der Waals surface area contributed by atoms with Crippen molar-refractivity contribution in [1.29, 1.82) is 0 Å². The third-order valence-corrected chi connectivity index (χ3v) is 3.10. The Morgan fingerprint density at radius 3 is 2.74 bits per heavy atom. The van der Waals surface area contributed by atoms with Gasteiger partial charge in [-0.2, -0.15) is 0 Å². The summed E-state index contributed by atoms with van der Waals surface area (Å²) in [6, 6.07) is 10.7. The van der Waals surface area contributed by atoms with Gasteiger partial charge in [-0.1, -0.05) is 6.07 Å². The molecule has 0 aliphatic rings. The molecule has 1 heterocycles. The van der Waals surface area contributed by atoms with Gasteiger partial charge in [0.2, 0.25) is 0 Å². The molecule has 0 aliphatic heterocycles. The number of thioether (sulfide) groups is 1. The van der Waals surface area contributed by atoms with Crippen molar-refractivity contribution in [3.05, 3.63) is 42.1 Å². The number of aromatic nitrogens is 2.